The third-order valence-electron chi connectivity index (χ3n) is 5.43. The maximum Gasteiger partial charge on any atom is 0.132 e. The summed E-state index contributed by atoms with van der Waals surface area (Å²) >= 11 is 0. The third-order valence-corrected chi connectivity index (χ3v) is 5.43. The lowest BCUT2D eigenvalue weighted by molar-refractivity contribution is 0.300. The number of pyridine rings is 2. The molecule has 33 heavy (non-hydrogen) atoms. The summed E-state index contributed by atoms with van der Waals surface area (Å²) in [5.74, 6) is 1.35. The van der Waals surface area contributed by atoms with Crippen LogP contribution in [0.2, 0.25) is 0 Å². The monoisotopic (exact) mass is 450 g/mol. The Morgan fingerprint density at radius 3 is 2.61 bits per heavy atom. The van der Waals surface area contributed by atoms with Crippen molar-refractivity contribution in [2.24, 2.45) is 17.4 Å². The summed E-state index contributed by atoms with van der Waals surface area (Å²) in [7, 11) is 0. The van der Waals surface area contributed by atoms with Crippen molar-refractivity contribution in [1.82, 2.24) is 20.2 Å². The highest BCUT2D eigenvalue weighted by atomic mass is 15.1. The van der Waals surface area contributed by atoms with Gasteiger partial charge in [0, 0.05) is 36.3 Å². The van der Waals surface area contributed by atoms with E-state index in [-0.39, 0.29) is 5.92 Å². The van der Waals surface area contributed by atoms with E-state index in [2.05, 4.69) is 53.2 Å². The van der Waals surface area contributed by atoms with Gasteiger partial charge < -0.3 is 32.4 Å². The van der Waals surface area contributed by atoms with Gasteiger partial charge in [0.15, 0.2) is 0 Å². The normalized spacial score (nSPS) is 13.1. The number of nitrogens with one attached hydrogen (secondary N) is 3. The van der Waals surface area contributed by atoms with Gasteiger partial charge in [-0.1, -0.05) is 27.7 Å². The molecule has 7 N–H and O–H groups in total. The summed E-state index contributed by atoms with van der Waals surface area (Å²) in [5, 5.41) is 14.3. The van der Waals surface area contributed by atoms with Crippen molar-refractivity contribution in [3.05, 3.63) is 59.8 Å². The Balaban J connectivity index is 2.13. The summed E-state index contributed by atoms with van der Waals surface area (Å²) < 4.78 is 0. The zero-order valence-electron chi connectivity index (χ0n) is 20.2. The zero-order chi connectivity index (χ0) is 24.2. The van der Waals surface area contributed by atoms with E-state index in [0.717, 1.165) is 60.3 Å². The molecule has 2 aromatic rings. The van der Waals surface area contributed by atoms with Crippen LogP contribution in [0.4, 0.5) is 5.82 Å². The van der Waals surface area contributed by atoms with E-state index in [1.807, 2.05) is 30.5 Å². The van der Waals surface area contributed by atoms with Crippen LogP contribution in [0.5, 0.6) is 0 Å². The lowest BCUT2D eigenvalue weighted by atomic mass is 10.0. The van der Waals surface area contributed by atoms with Gasteiger partial charge in [-0.3, -0.25) is 4.98 Å². The fraction of sp³-hybridized carbons (Fsp3) is 0.400. The molecule has 2 rings (SSSR count). The van der Waals surface area contributed by atoms with Gasteiger partial charge in [0.1, 0.15) is 11.6 Å². The molecule has 178 valence electrons. The second kappa shape index (κ2) is 13.2. The van der Waals surface area contributed by atoms with Crippen molar-refractivity contribution < 1.29 is 0 Å². The molecule has 0 aliphatic heterocycles. The minimum atomic E-state index is 0.267. The number of nitrogens with zero attached hydrogens (tertiary/aromatic N) is 3. The Labute approximate surface area is 197 Å². The smallest absolute Gasteiger partial charge is 0.132 e. The molecule has 0 atom stereocenters. The number of aromatic nitrogens is 2. The molecule has 0 aliphatic rings. The Morgan fingerprint density at radius 1 is 1.21 bits per heavy atom. The van der Waals surface area contributed by atoms with Crippen molar-refractivity contribution >= 4 is 28.6 Å². The van der Waals surface area contributed by atoms with Gasteiger partial charge in [0.25, 0.3) is 0 Å². The number of anilines is 1. The van der Waals surface area contributed by atoms with Crippen LogP contribution in [0.25, 0.3) is 16.6 Å². The molecule has 8 nitrogen and oxygen atoms in total. The lowest BCUT2D eigenvalue weighted by Gasteiger charge is -2.17. The van der Waals surface area contributed by atoms with Crippen LogP contribution < -0.4 is 22.1 Å². The first kappa shape index (κ1) is 25.9. The molecule has 0 aliphatic carbocycles. The molecule has 8 heteroatoms. The number of hydrogen-bond acceptors (Lipinski definition) is 8. The first-order valence-corrected chi connectivity index (χ1v) is 11.5. The highest BCUT2D eigenvalue weighted by Gasteiger charge is 2.06. The van der Waals surface area contributed by atoms with Crippen LogP contribution in [-0.4, -0.2) is 47.3 Å². The predicted octanol–water partition coefficient (Wildman–Crippen LogP) is 3.65. The second-order valence-corrected chi connectivity index (χ2v) is 8.08. The molecule has 0 saturated heterocycles. The SMILES string of the molecule is CCN(CC)CCCN/C=C(\C=N)c1cnc2ccc(N/C(N)=C/C(=C\N)C(C)C)nc2c1. The van der Waals surface area contributed by atoms with Crippen LogP contribution >= 0.6 is 0 Å². The molecule has 0 spiro atoms. The van der Waals surface area contributed by atoms with Gasteiger partial charge in [0.05, 0.1) is 11.0 Å². The molecular formula is C25H38N8. The molecule has 0 fully saturated rings. The van der Waals surface area contributed by atoms with Crippen LogP contribution in [-0.2, 0) is 0 Å². The fourth-order valence-corrected chi connectivity index (χ4v) is 3.34. The first-order valence-electron chi connectivity index (χ1n) is 11.5. The van der Waals surface area contributed by atoms with Gasteiger partial charge in [-0.25, -0.2) is 4.98 Å². The van der Waals surface area contributed by atoms with E-state index in [4.69, 9.17) is 16.9 Å². The molecule has 0 radical (unpaired) electrons. The van der Waals surface area contributed by atoms with E-state index in [9.17, 15) is 0 Å². The Kier molecular flexibility index (Phi) is 10.4. The summed E-state index contributed by atoms with van der Waals surface area (Å²) in [4.78, 5) is 11.5. The van der Waals surface area contributed by atoms with E-state index in [0.29, 0.717) is 11.6 Å². The molecule has 2 aromatic heterocycles. The number of nitrogens with two attached hydrogens (primary N) is 2. The van der Waals surface area contributed by atoms with Crippen molar-refractivity contribution in [2.75, 3.05) is 31.5 Å². The minimum absolute atomic E-state index is 0.267. The van der Waals surface area contributed by atoms with Crippen molar-refractivity contribution in [2.45, 2.75) is 34.1 Å². The largest absolute Gasteiger partial charge is 0.404 e. The standard InChI is InChI=1S/C25H38N8/c1-5-33(6-2)11-7-10-29-16-21(15-27)20-12-23-22(30-17-20)8-9-25(31-23)32-24(28)13-19(14-26)18(3)4/h8-9,12-18,27,29H,5-7,10-11,26,28H2,1-4H3,(H,31,32)/b19-14+,21-16+,24-13+,27-15?. The zero-order valence-corrected chi connectivity index (χ0v) is 20.2. The van der Waals surface area contributed by atoms with Crippen LogP contribution in [0, 0.1) is 11.3 Å². The summed E-state index contributed by atoms with van der Waals surface area (Å²) in [6, 6.07) is 5.66. The van der Waals surface area contributed by atoms with Gasteiger partial charge in [-0.15, -0.1) is 0 Å². The van der Waals surface area contributed by atoms with Gasteiger partial charge in [-0.2, -0.15) is 0 Å². The summed E-state index contributed by atoms with van der Waals surface area (Å²) in [6.07, 6.45) is 9.38. The molecule has 0 unspecified atom stereocenters. The average molecular weight is 451 g/mol. The number of hydrogen-bond donors (Lipinski definition) is 5. The summed E-state index contributed by atoms with van der Waals surface area (Å²) in [6.45, 7) is 12.5. The van der Waals surface area contributed by atoms with E-state index >= 15 is 0 Å². The van der Waals surface area contributed by atoms with Gasteiger partial charge >= 0.3 is 0 Å². The Bertz CT molecular complexity index is 1000. The number of fused-ring (bicyclic) bond motifs is 1. The minimum Gasteiger partial charge on any atom is -0.404 e. The van der Waals surface area contributed by atoms with Crippen LogP contribution in [0.3, 0.4) is 0 Å². The molecule has 2 heterocycles. The van der Waals surface area contributed by atoms with Crippen molar-refractivity contribution in [3.8, 4) is 0 Å². The maximum atomic E-state index is 7.82. The Morgan fingerprint density at radius 2 is 1.97 bits per heavy atom. The third kappa shape index (κ3) is 7.91. The van der Waals surface area contributed by atoms with E-state index in [1.54, 1.807) is 12.4 Å². The molecule has 0 amide bonds. The number of allylic oxidation sites excluding steroid dienone is 3. The first-order chi connectivity index (χ1) is 15.9. The highest BCUT2D eigenvalue weighted by Crippen LogP contribution is 2.19. The van der Waals surface area contributed by atoms with E-state index in [1.165, 1.54) is 6.21 Å². The topological polar surface area (TPSA) is 129 Å². The van der Waals surface area contributed by atoms with Crippen molar-refractivity contribution in [3.63, 3.8) is 0 Å². The molecule has 0 bridgehead atoms. The summed E-state index contributed by atoms with van der Waals surface area (Å²) in [5.41, 5.74) is 15.8. The average Bonchev–Trinajstić information content (AvgIpc) is 2.81. The van der Waals surface area contributed by atoms with E-state index < -0.39 is 0 Å². The predicted molar refractivity (Wildman–Crippen MR) is 140 cm³/mol. The fourth-order valence-electron chi connectivity index (χ4n) is 3.34. The molecular weight excluding hydrogens is 412 g/mol. The van der Waals surface area contributed by atoms with Crippen LogP contribution in [0.1, 0.15) is 39.7 Å². The molecule has 0 saturated carbocycles. The van der Waals surface area contributed by atoms with Crippen molar-refractivity contribution in [1.29, 1.82) is 5.41 Å². The molecule has 0 aromatic carbocycles. The number of rotatable bonds is 13. The van der Waals surface area contributed by atoms with Crippen LogP contribution in [0.15, 0.2) is 54.3 Å². The Hall–Kier alpha value is -3.39. The maximum absolute atomic E-state index is 7.82. The highest BCUT2D eigenvalue weighted by molar-refractivity contribution is 6.08. The lowest BCUT2D eigenvalue weighted by Crippen LogP contribution is -2.26. The van der Waals surface area contributed by atoms with Gasteiger partial charge in [-0.05, 0) is 68.0 Å². The van der Waals surface area contributed by atoms with Gasteiger partial charge in [0.2, 0.25) is 0 Å². The quantitative estimate of drug-likeness (QED) is 0.179. The second-order valence-electron chi connectivity index (χ2n) is 8.08.